The lowest BCUT2D eigenvalue weighted by molar-refractivity contribution is -0.127. The normalized spacial score (nSPS) is 26.0. The number of amides is 1. The van der Waals surface area contributed by atoms with Gasteiger partial charge in [-0.2, -0.15) is 0 Å². The van der Waals surface area contributed by atoms with Crippen LogP contribution in [0.25, 0.3) is 0 Å². The van der Waals surface area contributed by atoms with Crippen molar-refractivity contribution in [3.8, 4) is 0 Å². The Labute approximate surface area is 123 Å². The molecule has 0 saturated heterocycles. The smallest absolute Gasteiger partial charge is 0.223 e. The van der Waals surface area contributed by atoms with Crippen molar-refractivity contribution < 1.29 is 14.6 Å². The number of carbonyl (C=O) groups excluding carboxylic acids is 1. The molecule has 1 amide bonds. The highest BCUT2D eigenvalue weighted by molar-refractivity contribution is 5.78. The molecule has 4 nitrogen and oxygen atoms in total. The van der Waals surface area contributed by atoms with Crippen LogP contribution in [0.15, 0.2) is 0 Å². The van der Waals surface area contributed by atoms with E-state index in [-0.39, 0.29) is 25.0 Å². The molecule has 1 aliphatic carbocycles. The number of hydrogen-bond acceptors (Lipinski definition) is 3. The molecule has 2 N–H and O–H groups in total. The summed E-state index contributed by atoms with van der Waals surface area (Å²) in [5.74, 6) is 1.04. The number of hydrogen-bond donors (Lipinski definition) is 2. The van der Waals surface area contributed by atoms with Gasteiger partial charge in [0, 0.05) is 19.6 Å². The summed E-state index contributed by atoms with van der Waals surface area (Å²) in [6, 6.07) is 0. The zero-order valence-electron chi connectivity index (χ0n) is 13.3. The third kappa shape index (κ3) is 6.23. The van der Waals surface area contributed by atoms with Gasteiger partial charge >= 0.3 is 0 Å². The second-order valence-electron chi connectivity index (χ2n) is 6.51. The third-order valence-corrected chi connectivity index (χ3v) is 4.28. The Morgan fingerprint density at radius 2 is 2.00 bits per heavy atom. The van der Waals surface area contributed by atoms with Crippen LogP contribution in [0.2, 0.25) is 0 Å². The van der Waals surface area contributed by atoms with Crippen molar-refractivity contribution in [1.82, 2.24) is 5.32 Å². The molecular formula is C16H31NO3. The highest BCUT2D eigenvalue weighted by atomic mass is 16.5. The highest BCUT2D eigenvalue weighted by Gasteiger charge is 2.28. The second-order valence-corrected chi connectivity index (χ2v) is 6.51. The quantitative estimate of drug-likeness (QED) is 0.720. The lowest BCUT2D eigenvalue weighted by atomic mass is 9.79. The molecule has 1 fully saturated rings. The molecule has 0 aliphatic heterocycles. The van der Waals surface area contributed by atoms with Crippen molar-refractivity contribution in [3.05, 3.63) is 0 Å². The van der Waals surface area contributed by atoms with E-state index in [1.807, 2.05) is 0 Å². The molecule has 1 aliphatic rings. The summed E-state index contributed by atoms with van der Waals surface area (Å²) in [4.78, 5) is 12.1. The number of methoxy groups -OCH3 is 1. The van der Waals surface area contributed by atoms with E-state index in [2.05, 4.69) is 12.2 Å². The predicted octanol–water partition coefficient (Wildman–Crippen LogP) is 2.50. The molecule has 0 radical (unpaired) electrons. The molecule has 0 spiro atoms. The number of carbonyl (C=O) groups is 1. The van der Waals surface area contributed by atoms with E-state index < -0.39 is 5.60 Å². The van der Waals surface area contributed by atoms with Crippen molar-refractivity contribution in [1.29, 1.82) is 0 Å². The van der Waals surface area contributed by atoms with Gasteiger partial charge in [0.05, 0.1) is 6.61 Å². The monoisotopic (exact) mass is 285 g/mol. The Bertz CT molecular complexity index is 283. The van der Waals surface area contributed by atoms with Crippen molar-refractivity contribution >= 4 is 5.91 Å². The van der Waals surface area contributed by atoms with Gasteiger partial charge in [0.25, 0.3) is 0 Å². The first kappa shape index (κ1) is 17.4. The molecule has 1 atom stereocenters. The van der Waals surface area contributed by atoms with Crippen LogP contribution in [0.5, 0.6) is 0 Å². The van der Waals surface area contributed by atoms with Crippen LogP contribution in [0, 0.1) is 11.8 Å². The molecule has 0 bridgehead atoms. The number of ether oxygens (including phenoxy) is 1. The van der Waals surface area contributed by atoms with E-state index >= 15 is 0 Å². The van der Waals surface area contributed by atoms with Crippen molar-refractivity contribution in [2.45, 2.75) is 64.4 Å². The number of aliphatic hydroxyl groups is 1. The molecule has 1 rings (SSSR count). The average molecular weight is 285 g/mol. The van der Waals surface area contributed by atoms with Gasteiger partial charge in [-0.25, -0.2) is 0 Å². The van der Waals surface area contributed by atoms with Crippen molar-refractivity contribution in [2.24, 2.45) is 11.8 Å². The van der Waals surface area contributed by atoms with E-state index in [1.165, 1.54) is 32.1 Å². The largest absolute Gasteiger partial charge is 0.386 e. The van der Waals surface area contributed by atoms with Crippen molar-refractivity contribution in [3.63, 3.8) is 0 Å². The highest BCUT2D eigenvalue weighted by Crippen LogP contribution is 2.31. The van der Waals surface area contributed by atoms with Gasteiger partial charge in [-0.15, -0.1) is 0 Å². The van der Waals surface area contributed by atoms with E-state index in [1.54, 1.807) is 14.0 Å². The van der Waals surface area contributed by atoms with Crippen LogP contribution in [-0.4, -0.2) is 36.9 Å². The summed E-state index contributed by atoms with van der Waals surface area (Å²) in [7, 11) is 1.55. The van der Waals surface area contributed by atoms with E-state index in [4.69, 9.17) is 4.74 Å². The zero-order valence-corrected chi connectivity index (χ0v) is 13.3. The predicted molar refractivity (Wildman–Crippen MR) is 80.5 cm³/mol. The van der Waals surface area contributed by atoms with Crippen LogP contribution in [0.4, 0.5) is 0 Å². The minimum Gasteiger partial charge on any atom is -0.386 e. The maximum atomic E-state index is 12.1. The molecule has 4 heteroatoms. The number of rotatable bonds is 8. The van der Waals surface area contributed by atoms with Gasteiger partial charge in [0.2, 0.25) is 5.91 Å². The Morgan fingerprint density at radius 1 is 1.35 bits per heavy atom. The molecule has 1 unspecified atom stereocenters. The lowest BCUT2D eigenvalue weighted by Gasteiger charge is -2.29. The van der Waals surface area contributed by atoms with E-state index in [0.29, 0.717) is 0 Å². The Hall–Kier alpha value is -0.610. The second kappa shape index (κ2) is 8.63. The molecule has 0 aromatic carbocycles. The first-order valence-electron chi connectivity index (χ1n) is 7.97. The number of nitrogens with one attached hydrogen (secondary N) is 1. The fourth-order valence-electron chi connectivity index (χ4n) is 2.99. The first-order valence-corrected chi connectivity index (χ1v) is 7.97. The minimum absolute atomic E-state index is 0.0929. The molecule has 0 aromatic rings. The van der Waals surface area contributed by atoms with Crippen LogP contribution in [0.1, 0.15) is 58.8 Å². The van der Waals surface area contributed by atoms with Gasteiger partial charge in [-0.05, 0) is 38.5 Å². The molecule has 20 heavy (non-hydrogen) atoms. The van der Waals surface area contributed by atoms with Crippen LogP contribution in [-0.2, 0) is 9.53 Å². The summed E-state index contributed by atoms with van der Waals surface area (Å²) >= 11 is 0. The third-order valence-electron chi connectivity index (χ3n) is 4.28. The van der Waals surface area contributed by atoms with Gasteiger partial charge < -0.3 is 15.2 Å². The lowest BCUT2D eigenvalue weighted by Crippen LogP contribution is -2.45. The average Bonchev–Trinajstić information content (AvgIpc) is 2.43. The standard InChI is InChI=1S/C16H31NO3/c1-4-5-6-13-7-9-14(10-8-13)15(18)17-11-16(2,19)12-20-3/h13-14,19H,4-12H2,1-3H3,(H,17,18). The maximum absolute atomic E-state index is 12.1. The summed E-state index contributed by atoms with van der Waals surface area (Å²) in [5.41, 5.74) is -0.983. The molecule has 1 saturated carbocycles. The van der Waals surface area contributed by atoms with Gasteiger partial charge in [0.15, 0.2) is 0 Å². The minimum atomic E-state index is -0.983. The summed E-state index contributed by atoms with van der Waals surface area (Å²) < 4.78 is 4.93. The van der Waals surface area contributed by atoms with Gasteiger partial charge in [-0.1, -0.05) is 26.2 Å². The summed E-state index contributed by atoms with van der Waals surface area (Å²) in [5, 5.41) is 12.8. The molecule has 0 aromatic heterocycles. The van der Waals surface area contributed by atoms with Crippen LogP contribution >= 0.6 is 0 Å². The molecular weight excluding hydrogens is 254 g/mol. The van der Waals surface area contributed by atoms with Gasteiger partial charge in [0.1, 0.15) is 5.60 Å². The van der Waals surface area contributed by atoms with E-state index in [0.717, 1.165) is 18.8 Å². The molecule has 0 heterocycles. The summed E-state index contributed by atoms with van der Waals surface area (Å²) in [6.07, 6.45) is 8.21. The Morgan fingerprint density at radius 3 is 2.55 bits per heavy atom. The topological polar surface area (TPSA) is 58.6 Å². The van der Waals surface area contributed by atoms with E-state index in [9.17, 15) is 9.90 Å². The zero-order chi connectivity index (χ0) is 15.0. The Kier molecular flexibility index (Phi) is 7.52. The van der Waals surface area contributed by atoms with Crippen molar-refractivity contribution in [2.75, 3.05) is 20.3 Å². The number of unbranched alkanes of at least 4 members (excludes halogenated alkanes) is 1. The SMILES string of the molecule is CCCCC1CCC(C(=O)NCC(C)(O)COC)CC1. The maximum Gasteiger partial charge on any atom is 0.223 e. The fourth-order valence-corrected chi connectivity index (χ4v) is 2.99. The van der Waals surface area contributed by atoms with Gasteiger partial charge in [-0.3, -0.25) is 4.79 Å². The first-order chi connectivity index (χ1) is 9.48. The molecule has 118 valence electrons. The van der Waals surface area contributed by atoms with Crippen LogP contribution < -0.4 is 5.32 Å². The fraction of sp³-hybridized carbons (Fsp3) is 0.938. The Balaban J connectivity index is 2.25. The van der Waals surface area contributed by atoms with Crippen LogP contribution in [0.3, 0.4) is 0 Å². The summed E-state index contributed by atoms with van der Waals surface area (Å²) in [6.45, 7) is 4.40.